The average Bonchev–Trinajstić information content (AvgIpc) is 2.94. The molecule has 3 aliphatic rings. The fraction of sp³-hybridized carbons (Fsp3) is 0.769. The van der Waals surface area contributed by atoms with E-state index in [-0.39, 0.29) is 24.3 Å². The van der Waals surface area contributed by atoms with Crippen LogP contribution in [0.2, 0.25) is 0 Å². The van der Waals surface area contributed by atoms with Crippen molar-refractivity contribution in [2.75, 3.05) is 26.2 Å². The number of imide groups is 1. The van der Waals surface area contributed by atoms with Crippen LogP contribution < -0.4 is 16.0 Å². The summed E-state index contributed by atoms with van der Waals surface area (Å²) in [7, 11) is 0. The first kappa shape index (κ1) is 13.4. The largest absolute Gasteiger partial charge is 0.340 e. The highest BCUT2D eigenvalue weighted by molar-refractivity contribution is 6.07. The number of amides is 4. The van der Waals surface area contributed by atoms with Gasteiger partial charge in [0.25, 0.3) is 5.91 Å². The van der Waals surface area contributed by atoms with Crippen LogP contribution in [0.5, 0.6) is 0 Å². The lowest BCUT2D eigenvalue weighted by molar-refractivity contribution is -0.140. The van der Waals surface area contributed by atoms with Gasteiger partial charge in [0.15, 0.2) is 0 Å². The number of likely N-dealkylation sites (tertiary alicyclic amines) is 1. The highest BCUT2D eigenvalue weighted by Crippen LogP contribution is 2.27. The molecule has 7 nitrogen and oxygen atoms in total. The molecule has 110 valence electrons. The Kier molecular flexibility index (Phi) is 3.16. The maximum absolute atomic E-state index is 12.6. The topological polar surface area (TPSA) is 90.5 Å². The van der Waals surface area contributed by atoms with E-state index in [0.29, 0.717) is 25.4 Å². The van der Waals surface area contributed by atoms with Crippen LogP contribution in [-0.2, 0) is 9.59 Å². The van der Waals surface area contributed by atoms with Crippen molar-refractivity contribution in [1.29, 1.82) is 0 Å². The Balaban J connectivity index is 1.74. The van der Waals surface area contributed by atoms with Crippen LogP contribution in [0.4, 0.5) is 4.79 Å². The van der Waals surface area contributed by atoms with Crippen LogP contribution in [0, 0.1) is 11.8 Å². The van der Waals surface area contributed by atoms with Gasteiger partial charge in [-0.2, -0.15) is 0 Å². The minimum atomic E-state index is -0.916. The molecule has 3 rings (SSSR count). The van der Waals surface area contributed by atoms with E-state index in [1.54, 1.807) is 4.90 Å². The van der Waals surface area contributed by atoms with Gasteiger partial charge in [0.1, 0.15) is 5.54 Å². The molecule has 3 fully saturated rings. The Bertz CT molecular complexity index is 467. The van der Waals surface area contributed by atoms with E-state index >= 15 is 0 Å². The molecular weight excluding hydrogens is 260 g/mol. The van der Waals surface area contributed by atoms with Crippen molar-refractivity contribution >= 4 is 17.8 Å². The number of hydrogen-bond donors (Lipinski definition) is 3. The normalized spacial score (nSPS) is 37.1. The standard InChI is InChI=1S/C13H20N4O3/c1-8-5-14-6-9(8)10(18)17-4-2-3-13(7-17)11(19)15-12(20)16-13/h8-9,14H,2-7H2,1H3,(H2,15,16,19,20). The number of rotatable bonds is 1. The Morgan fingerprint density at radius 1 is 1.35 bits per heavy atom. The SMILES string of the molecule is CC1CNCC1C(=O)N1CCCC2(C1)NC(=O)NC2=O. The maximum Gasteiger partial charge on any atom is 0.322 e. The van der Waals surface area contributed by atoms with Crippen molar-refractivity contribution in [1.82, 2.24) is 20.9 Å². The van der Waals surface area contributed by atoms with Crippen LogP contribution in [0.3, 0.4) is 0 Å². The first-order chi connectivity index (χ1) is 9.52. The summed E-state index contributed by atoms with van der Waals surface area (Å²) in [6.07, 6.45) is 1.32. The van der Waals surface area contributed by atoms with Gasteiger partial charge in [0, 0.05) is 13.1 Å². The van der Waals surface area contributed by atoms with Gasteiger partial charge in [-0.1, -0.05) is 6.92 Å². The Labute approximate surface area is 117 Å². The summed E-state index contributed by atoms with van der Waals surface area (Å²) in [6, 6.07) is -0.458. The van der Waals surface area contributed by atoms with Crippen molar-refractivity contribution in [3.63, 3.8) is 0 Å². The highest BCUT2D eigenvalue weighted by Gasteiger charge is 2.50. The van der Waals surface area contributed by atoms with Crippen molar-refractivity contribution in [2.24, 2.45) is 11.8 Å². The molecule has 3 aliphatic heterocycles. The predicted octanol–water partition coefficient (Wildman–Crippen LogP) is -0.957. The number of nitrogens with one attached hydrogen (secondary N) is 3. The van der Waals surface area contributed by atoms with Gasteiger partial charge in [-0.15, -0.1) is 0 Å². The second kappa shape index (κ2) is 4.73. The van der Waals surface area contributed by atoms with Gasteiger partial charge in [0.05, 0.1) is 12.5 Å². The van der Waals surface area contributed by atoms with Crippen LogP contribution in [0.25, 0.3) is 0 Å². The molecule has 3 atom stereocenters. The molecule has 20 heavy (non-hydrogen) atoms. The van der Waals surface area contributed by atoms with Crippen molar-refractivity contribution in [3.05, 3.63) is 0 Å². The van der Waals surface area contributed by atoms with E-state index in [0.717, 1.165) is 13.0 Å². The molecule has 4 amide bonds. The molecule has 3 unspecified atom stereocenters. The van der Waals surface area contributed by atoms with E-state index in [9.17, 15) is 14.4 Å². The molecule has 3 saturated heterocycles. The fourth-order valence-electron chi connectivity index (χ4n) is 3.43. The van der Waals surface area contributed by atoms with Gasteiger partial charge < -0.3 is 15.5 Å². The zero-order chi connectivity index (χ0) is 14.3. The Hall–Kier alpha value is -1.63. The minimum absolute atomic E-state index is 0.0229. The first-order valence-electron chi connectivity index (χ1n) is 7.15. The lowest BCUT2D eigenvalue weighted by Gasteiger charge is -2.39. The molecule has 0 radical (unpaired) electrons. The molecule has 3 N–H and O–H groups in total. The predicted molar refractivity (Wildman–Crippen MR) is 70.7 cm³/mol. The van der Waals surface area contributed by atoms with Crippen LogP contribution in [0.15, 0.2) is 0 Å². The van der Waals surface area contributed by atoms with Crippen molar-refractivity contribution < 1.29 is 14.4 Å². The summed E-state index contributed by atoms with van der Waals surface area (Å²) >= 11 is 0. The lowest BCUT2D eigenvalue weighted by atomic mass is 9.87. The highest BCUT2D eigenvalue weighted by atomic mass is 16.2. The number of hydrogen-bond acceptors (Lipinski definition) is 4. The van der Waals surface area contributed by atoms with Crippen molar-refractivity contribution in [2.45, 2.75) is 25.3 Å². The third-order valence-electron chi connectivity index (χ3n) is 4.65. The summed E-state index contributed by atoms with van der Waals surface area (Å²) in [5.41, 5.74) is -0.916. The first-order valence-corrected chi connectivity index (χ1v) is 7.15. The van der Waals surface area contributed by atoms with Crippen LogP contribution in [-0.4, -0.2) is 54.5 Å². The number of piperidine rings is 1. The number of urea groups is 1. The molecule has 0 aromatic carbocycles. The maximum atomic E-state index is 12.6. The smallest absolute Gasteiger partial charge is 0.322 e. The summed E-state index contributed by atoms with van der Waals surface area (Å²) in [5, 5.41) is 8.19. The van der Waals surface area contributed by atoms with Crippen molar-refractivity contribution in [3.8, 4) is 0 Å². The summed E-state index contributed by atoms with van der Waals surface area (Å²) in [4.78, 5) is 37.6. The van der Waals surface area contributed by atoms with E-state index in [1.165, 1.54) is 0 Å². The molecule has 0 aromatic rings. The second-order valence-corrected chi connectivity index (χ2v) is 6.10. The zero-order valence-corrected chi connectivity index (χ0v) is 11.6. The molecule has 0 aliphatic carbocycles. The summed E-state index contributed by atoms with van der Waals surface area (Å²) in [6.45, 7) is 4.56. The third-order valence-corrected chi connectivity index (χ3v) is 4.65. The fourth-order valence-corrected chi connectivity index (χ4v) is 3.43. The van der Waals surface area contributed by atoms with Gasteiger partial charge in [-0.05, 0) is 25.3 Å². The summed E-state index contributed by atoms with van der Waals surface area (Å²) < 4.78 is 0. The molecular formula is C13H20N4O3. The molecule has 3 heterocycles. The van der Waals surface area contributed by atoms with E-state index < -0.39 is 11.6 Å². The van der Waals surface area contributed by atoms with Gasteiger partial charge in [-0.3, -0.25) is 14.9 Å². The minimum Gasteiger partial charge on any atom is -0.340 e. The van der Waals surface area contributed by atoms with Gasteiger partial charge >= 0.3 is 6.03 Å². The molecule has 7 heteroatoms. The lowest BCUT2D eigenvalue weighted by Crippen LogP contribution is -2.60. The summed E-state index contributed by atoms with van der Waals surface area (Å²) in [5.74, 6) is 0.0748. The monoisotopic (exact) mass is 280 g/mol. The molecule has 0 bridgehead atoms. The molecule has 0 saturated carbocycles. The zero-order valence-electron chi connectivity index (χ0n) is 11.6. The van der Waals surface area contributed by atoms with Crippen LogP contribution in [0.1, 0.15) is 19.8 Å². The quantitative estimate of drug-likeness (QED) is 0.540. The molecule has 1 spiro atoms. The third kappa shape index (κ3) is 2.06. The van der Waals surface area contributed by atoms with Gasteiger partial charge in [0.2, 0.25) is 5.91 Å². The Morgan fingerprint density at radius 2 is 2.15 bits per heavy atom. The number of carbonyl (C=O) groups excluding carboxylic acids is 3. The van der Waals surface area contributed by atoms with Gasteiger partial charge in [-0.25, -0.2) is 4.79 Å². The number of nitrogens with zero attached hydrogens (tertiary/aromatic N) is 1. The van der Waals surface area contributed by atoms with E-state index in [4.69, 9.17) is 0 Å². The Morgan fingerprint density at radius 3 is 2.75 bits per heavy atom. The van der Waals surface area contributed by atoms with E-state index in [1.807, 2.05) is 0 Å². The van der Waals surface area contributed by atoms with E-state index in [2.05, 4.69) is 22.9 Å². The number of carbonyl (C=O) groups is 3. The van der Waals surface area contributed by atoms with Crippen LogP contribution >= 0.6 is 0 Å². The second-order valence-electron chi connectivity index (χ2n) is 6.10. The molecule has 0 aromatic heterocycles. The average molecular weight is 280 g/mol.